The first-order valence-corrected chi connectivity index (χ1v) is 7.18. The van der Waals surface area contributed by atoms with Crippen molar-refractivity contribution in [2.24, 2.45) is 5.92 Å². The molecule has 0 aromatic carbocycles. The molecule has 2 aromatic rings. The molecule has 0 saturated heterocycles. The van der Waals surface area contributed by atoms with Gasteiger partial charge in [0.15, 0.2) is 0 Å². The molecule has 4 nitrogen and oxygen atoms in total. The van der Waals surface area contributed by atoms with Crippen LogP contribution >= 0.6 is 11.5 Å². The van der Waals surface area contributed by atoms with Crippen molar-refractivity contribution in [2.75, 3.05) is 17.7 Å². The van der Waals surface area contributed by atoms with Crippen LogP contribution in [0.2, 0.25) is 0 Å². The first-order valence-electron chi connectivity index (χ1n) is 6.40. The highest BCUT2D eigenvalue weighted by molar-refractivity contribution is 7.11. The number of nitrogen functional groups attached to an aromatic ring is 1. The molecule has 2 rings (SSSR count). The van der Waals surface area contributed by atoms with Crippen LogP contribution in [0.1, 0.15) is 20.8 Å². The van der Waals surface area contributed by atoms with Crippen molar-refractivity contribution in [3.8, 4) is 11.1 Å². The third kappa shape index (κ3) is 2.71. The molecule has 0 radical (unpaired) electrons. The number of aromatic nitrogens is 2. The summed E-state index contributed by atoms with van der Waals surface area (Å²) in [7, 11) is 2.09. The van der Waals surface area contributed by atoms with E-state index in [2.05, 4.69) is 42.1 Å². The first-order chi connectivity index (χ1) is 9.02. The van der Waals surface area contributed by atoms with Crippen molar-refractivity contribution in [3.63, 3.8) is 0 Å². The van der Waals surface area contributed by atoms with Crippen LogP contribution < -0.4 is 10.6 Å². The van der Waals surface area contributed by atoms with Crippen LogP contribution in [0.5, 0.6) is 0 Å². The Kier molecular flexibility index (Phi) is 4.04. The van der Waals surface area contributed by atoms with E-state index >= 15 is 0 Å². The summed E-state index contributed by atoms with van der Waals surface area (Å²) in [4.78, 5) is 6.42. The maximum Gasteiger partial charge on any atom is 0.147 e. The van der Waals surface area contributed by atoms with Crippen LogP contribution in [0.3, 0.4) is 0 Å². The van der Waals surface area contributed by atoms with Gasteiger partial charge < -0.3 is 10.6 Å². The zero-order chi connectivity index (χ0) is 14.0. The summed E-state index contributed by atoms with van der Waals surface area (Å²) in [6.45, 7) is 6.65. The van der Waals surface area contributed by atoms with Gasteiger partial charge in [-0.1, -0.05) is 19.9 Å². The summed E-state index contributed by atoms with van der Waals surface area (Å²) in [6.07, 6.45) is 3.59. The molecule has 0 aliphatic rings. The Bertz CT molecular complexity index is 536. The molecule has 0 aliphatic heterocycles. The van der Waals surface area contributed by atoms with Gasteiger partial charge in [0.2, 0.25) is 0 Å². The Balaban J connectivity index is 2.44. The normalized spacial score (nSPS) is 12.7. The molecule has 1 unspecified atom stereocenters. The van der Waals surface area contributed by atoms with E-state index in [0.29, 0.717) is 17.8 Å². The zero-order valence-electron chi connectivity index (χ0n) is 11.8. The molecule has 5 heteroatoms. The Labute approximate surface area is 118 Å². The molecule has 2 aromatic heterocycles. The first kappa shape index (κ1) is 13.8. The highest BCUT2D eigenvalue weighted by atomic mass is 32.1. The molecule has 2 N–H and O–H groups in total. The maximum absolute atomic E-state index is 6.03. The number of anilines is 2. The summed E-state index contributed by atoms with van der Waals surface area (Å²) in [5.74, 6) is 1.14. The van der Waals surface area contributed by atoms with E-state index in [1.165, 1.54) is 11.5 Å². The lowest BCUT2D eigenvalue weighted by atomic mass is 10.0. The van der Waals surface area contributed by atoms with Gasteiger partial charge in [0.25, 0.3) is 0 Å². The molecule has 102 valence electrons. The van der Waals surface area contributed by atoms with Crippen molar-refractivity contribution in [3.05, 3.63) is 24.5 Å². The predicted molar refractivity (Wildman–Crippen MR) is 82.5 cm³/mol. The molecule has 0 amide bonds. The summed E-state index contributed by atoms with van der Waals surface area (Å²) in [5.41, 5.74) is 8.05. The lowest BCUT2D eigenvalue weighted by Crippen LogP contribution is -2.32. The summed E-state index contributed by atoms with van der Waals surface area (Å²) < 4.78 is 4.31. The molecule has 2 heterocycles. The molecule has 0 spiro atoms. The summed E-state index contributed by atoms with van der Waals surface area (Å²) >= 11 is 1.45. The molecule has 0 saturated carbocycles. The fourth-order valence-corrected chi connectivity index (χ4v) is 2.83. The Morgan fingerprint density at radius 2 is 2.05 bits per heavy atom. The van der Waals surface area contributed by atoms with Crippen LogP contribution in [0, 0.1) is 5.92 Å². The minimum absolute atomic E-state index is 0.426. The molecule has 0 fully saturated rings. The minimum atomic E-state index is 0.426. The molecule has 0 aliphatic carbocycles. The number of hydrogen-bond donors (Lipinski definition) is 1. The smallest absolute Gasteiger partial charge is 0.147 e. The lowest BCUT2D eigenvalue weighted by Gasteiger charge is -2.29. The van der Waals surface area contributed by atoms with Crippen LogP contribution in [0.15, 0.2) is 24.5 Å². The fourth-order valence-electron chi connectivity index (χ4n) is 1.95. The average Bonchev–Trinajstić information content (AvgIpc) is 2.79. The number of pyridine rings is 1. The maximum atomic E-state index is 6.03. The fraction of sp³-hybridized carbons (Fsp3) is 0.429. The van der Waals surface area contributed by atoms with Gasteiger partial charge in [0.1, 0.15) is 10.8 Å². The van der Waals surface area contributed by atoms with E-state index in [0.717, 1.165) is 16.1 Å². The van der Waals surface area contributed by atoms with Crippen LogP contribution in [0.4, 0.5) is 10.8 Å². The Morgan fingerprint density at radius 3 is 2.63 bits per heavy atom. The molecular formula is C14H20N4S. The molecule has 1 atom stereocenters. The Morgan fingerprint density at radius 1 is 1.32 bits per heavy atom. The predicted octanol–water partition coefficient (Wildman–Crippen LogP) is 3.27. The van der Waals surface area contributed by atoms with Crippen molar-refractivity contribution >= 4 is 22.4 Å². The highest BCUT2D eigenvalue weighted by Crippen LogP contribution is 2.39. The molecule has 0 bridgehead atoms. The van der Waals surface area contributed by atoms with Crippen molar-refractivity contribution in [2.45, 2.75) is 26.8 Å². The second-order valence-electron chi connectivity index (χ2n) is 5.09. The standard InChI is InChI=1S/C14H20N4S/c1-9(2)10(3)18(4)14-12(13(15)17-19-14)11-6-5-7-16-8-11/h5-10H,1-4H3,(H2,15,17). The van der Waals surface area contributed by atoms with Crippen molar-refractivity contribution < 1.29 is 0 Å². The van der Waals surface area contributed by atoms with E-state index in [1.54, 1.807) is 6.20 Å². The van der Waals surface area contributed by atoms with Gasteiger partial charge in [0, 0.05) is 31.0 Å². The molecule has 19 heavy (non-hydrogen) atoms. The summed E-state index contributed by atoms with van der Waals surface area (Å²) in [5, 5.41) is 1.10. The highest BCUT2D eigenvalue weighted by Gasteiger charge is 2.21. The third-order valence-electron chi connectivity index (χ3n) is 3.55. The quantitative estimate of drug-likeness (QED) is 0.931. The van der Waals surface area contributed by atoms with Gasteiger partial charge in [-0.25, -0.2) is 0 Å². The summed E-state index contributed by atoms with van der Waals surface area (Å²) in [6, 6.07) is 4.36. The van der Waals surface area contributed by atoms with E-state index < -0.39 is 0 Å². The van der Waals surface area contributed by atoms with Gasteiger partial charge in [-0.05, 0) is 30.4 Å². The van der Waals surface area contributed by atoms with Crippen LogP contribution in [0.25, 0.3) is 11.1 Å². The second kappa shape index (κ2) is 5.57. The topological polar surface area (TPSA) is 55.0 Å². The van der Waals surface area contributed by atoms with E-state index in [4.69, 9.17) is 5.73 Å². The van der Waals surface area contributed by atoms with Crippen molar-refractivity contribution in [1.82, 2.24) is 9.36 Å². The van der Waals surface area contributed by atoms with Crippen LogP contribution in [-0.4, -0.2) is 22.4 Å². The number of rotatable bonds is 4. The van der Waals surface area contributed by atoms with E-state index in [1.807, 2.05) is 18.3 Å². The van der Waals surface area contributed by atoms with Gasteiger partial charge >= 0.3 is 0 Å². The number of nitrogens with two attached hydrogens (primary N) is 1. The van der Waals surface area contributed by atoms with Gasteiger partial charge in [-0.3, -0.25) is 4.98 Å². The SMILES string of the molecule is CC(C)C(C)N(C)c1snc(N)c1-c1cccnc1. The van der Waals surface area contributed by atoms with Gasteiger partial charge in [-0.2, -0.15) is 4.37 Å². The lowest BCUT2D eigenvalue weighted by molar-refractivity contribution is 0.508. The molecular weight excluding hydrogens is 256 g/mol. The largest absolute Gasteiger partial charge is 0.382 e. The monoisotopic (exact) mass is 276 g/mol. The third-order valence-corrected chi connectivity index (χ3v) is 4.50. The number of hydrogen-bond acceptors (Lipinski definition) is 5. The average molecular weight is 276 g/mol. The van der Waals surface area contributed by atoms with Gasteiger partial charge in [-0.15, -0.1) is 0 Å². The van der Waals surface area contributed by atoms with Crippen LogP contribution in [-0.2, 0) is 0 Å². The van der Waals surface area contributed by atoms with Crippen molar-refractivity contribution in [1.29, 1.82) is 0 Å². The number of nitrogens with zero attached hydrogens (tertiary/aromatic N) is 3. The zero-order valence-corrected chi connectivity index (χ0v) is 12.6. The van der Waals surface area contributed by atoms with E-state index in [-0.39, 0.29) is 0 Å². The van der Waals surface area contributed by atoms with E-state index in [9.17, 15) is 0 Å². The Hall–Kier alpha value is -1.62. The second-order valence-corrected chi connectivity index (χ2v) is 5.84. The minimum Gasteiger partial charge on any atom is -0.382 e. The van der Waals surface area contributed by atoms with Gasteiger partial charge in [0.05, 0.1) is 5.56 Å².